The van der Waals surface area contributed by atoms with E-state index in [4.69, 9.17) is 21.1 Å². The number of cyclic esters (lactones) is 1. The van der Waals surface area contributed by atoms with Crippen molar-refractivity contribution in [2.45, 2.75) is 20.5 Å². The van der Waals surface area contributed by atoms with Crippen molar-refractivity contribution in [2.24, 2.45) is 0 Å². The lowest BCUT2D eigenvalue weighted by atomic mass is 9.93. The third-order valence-electron chi connectivity index (χ3n) is 3.88. The average molecular weight is 303 g/mol. The lowest BCUT2D eigenvalue weighted by molar-refractivity contribution is 0.0478. The van der Waals surface area contributed by atoms with Gasteiger partial charge in [-0.25, -0.2) is 4.79 Å². The van der Waals surface area contributed by atoms with Gasteiger partial charge in [0.05, 0.1) is 17.7 Å². The standard InChI is InChI=1S/C17H15ClO3/c1-9-4-11-8-21-17(19)14-7-16(20-3)15(18)6-13(14)12(11)5-10(9)2/h4-7H,8H2,1-3H3. The van der Waals surface area contributed by atoms with Crippen molar-refractivity contribution in [1.29, 1.82) is 0 Å². The quantitative estimate of drug-likeness (QED) is 0.737. The van der Waals surface area contributed by atoms with Crippen molar-refractivity contribution >= 4 is 17.6 Å². The van der Waals surface area contributed by atoms with E-state index in [9.17, 15) is 4.79 Å². The van der Waals surface area contributed by atoms with Gasteiger partial charge >= 0.3 is 5.97 Å². The molecule has 0 saturated heterocycles. The second kappa shape index (κ2) is 5.08. The summed E-state index contributed by atoms with van der Waals surface area (Å²) in [6.07, 6.45) is 0. The Morgan fingerprint density at radius 3 is 2.48 bits per heavy atom. The van der Waals surface area contributed by atoms with Crippen LogP contribution >= 0.6 is 11.6 Å². The molecular weight excluding hydrogens is 288 g/mol. The first kappa shape index (κ1) is 14.0. The van der Waals surface area contributed by atoms with Gasteiger partial charge in [-0.05, 0) is 53.8 Å². The molecule has 0 aliphatic carbocycles. The molecule has 0 saturated carbocycles. The molecule has 2 aromatic carbocycles. The minimum atomic E-state index is -0.355. The number of benzene rings is 2. The van der Waals surface area contributed by atoms with Crippen molar-refractivity contribution in [2.75, 3.05) is 7.11 Å². The zero-order valence-corrected chi connectivity index (χ0v) is 12.9. The molecule has 0 spiro atoms. The predicted octanol–water partition coefficient (Wildman–Crippen LogP) is 4.30. The van der Waals surface area contributed by atoms with Crippen LogP contribution in [0.4, 0.5) is 0 Å². The number of carbonyl (C=O) groups excluding carboxylic acids is 1. The molecule has 0 unspecified atom stereocenters. The van der Waals surface area contributed by atoms with E-state index in [-0.39, 0.29) is 12.6 Å². The van der Waals surface area contributed by atoms with Gasteiger partial charge in [0.15, 0.2) is 0 Å². The summed E-state index contributed by atoms with van der Waals surface area (Å²) in [6.45, 7) is 4.36. The van der Waals surface area contributed by atoms with Gasteiger partial charge in [0, 0.05) is 0 Å². The van der Waals surface area contributed by atoms with Crippen molar-refractivity contribution in [3.63, 3.8) is 0 Å². The summed E-state index contributed by atoms with van der Waals surface area (Å²) in [4.78, 5) is 12.2. The van der Waals surface area contributed by atoms with E-state index in [1.54, 1.807) is 12.1 Å². The molecule has 0 fully saturated rings. The van der Waals surface area contributed by atoms with Crippen LogP contribution in [0.2, 0.25) is 5.02 Å². The number of fused-ring (bicyclic) bond motifs is 3. The minimum absolute atomic E-state index is 0.268. The molecular formula is C17H15ClO3. The number of rotatable bonds is 1. The predicted molar refractivity (Wildman–Crippen MR) is 82.0 cm³/mol. The highest BCUT2D eigenvalue weighted by molar-refractivity contribution is 6.32. The fourth-order valence-corrected chi connectivity index (χ4v) is 2.81. The Labute approximate surface area is 128 Å². The number of methoxy groups -OCH3 is 1. The third kappa shape index (κ3) is 2.28. The molecule has 0 aromatic heterocycles. The first-order valence-electron chi connectivity index (χ1n) is 6.66. The summed E-state index contributed by atoms with van der Waals surface area (Å²) < 4.78 is 10.5. The molecule has 0 atom stereocenters. The van der Waals surface area contributed by atoms with E-state index in [0.29, 0.717) is 16.3 Å². The molecule has 2 aromatic rings. The lowest BCUT2D eigenvalue weighted by Crippen LogP contribution is -2.03. The van der Waals surface area contributed by atoms with E-state index in [1.807, 2.05) is 13.8 Å². The number of ether oxygens (including phenoxy) is 2. The molecule has 1 heterocycles. The van der Waals surface area contributed by atoms with Gasteiger partial charge in [0.2, 0.25) is 0 Å². The Morgan fingerprint density at radius 1 is 1.05 bits per heavy atom. The molecule has 0 bridgehead atoms. The largest absolute Gasteiger partial charge is 0.495 e. The number of hydrogen-bond donors (Lipinski definition) is 0. The van der Waals surface area contributed by atoms with Gasteiger partial charge < -0.3 is 9.47 Å². The number of halogens is 1. The van der Waals surface area contributed by atoms with Crippen LogP contribution in [-0.2, 0) is 11.3 Å². The fourth-order valence-electron chi connectivity index (χ4n) is 2.57. The number of aryl methyl sites for hydroxylation is 2. The first-order chi connectivity index (χ1) is 10.0. The fraction of sp³-hybridized carbons (Fsp3) is 0.235. The SMILES string of the molecule is COc1cc2c(cc1Cl)-c1cc(C)c(C)cc1COC2=O. The first-order valence-corrected chi connectivity index (χ1v) is 7.04. The highest BCUT2D eigenvalue weighted by Gasteiger charge is 2.24. The summed E-state index contributed by atoms with van der Waals surface area (Å²) in [6, 6.07) is 7.56. The molecule has 3 nitrogen and oxygen atoms in total. The maximum absolute atomic E-state index is 12.2. The maximum atomic E-state index is 12.2. The topological polar surface area (TPSA) is 35.5 Å². The van der Waals surface area contributed by atoms with Crippen LogP contribution in [-0.4, -0.2) is 13.1 Å². The molecule has 3 rings (SSSR count). The van der Waals surface area contributed by atoms with Crippen LogP contribution in [0.25, 0.3) is 11.1 Å². The summed E-state index contributed by atoms with van der Waals surface area (Å²) in [5, 5.41) is 0.482. The van der Waals surface area contributed by atoms with Crippen LogP contribution in [0.3, 0.4) is 0 Å². The molecule has 4 heteroatoms. The molecule has 1 aliphatic heterocycles. The van der Waals surface area contributed by atoms with Gasteiger partial charge in [-0.15, -0.1) is 0 Å². The third-order valence-corrected chi connectivity index (χ3v) is 4.18. The Bertz CT molecular complexity index is 750. The van der Waals surface area contributed by atoms with E-state index in [0.717, 1.165) is 16.7 Å². The molecule has 108 valence electrons. The number of esters is 1. The summed E-state index contributed by atoms with van der Waals surface area (Å²) in [5.74, 6) is 0.117. The second-order valence-electron chi connectivity index (χ2n) is 5.20. The van der Waals surface area contributed by atoms with Crippen LogP contribution in [0.15, 0.2) is 24.3 Å². The highest BCUT2D eigenvalue weighted by atomic mass is 35.5. The second-order valence-corrected chi connectivity index (χ2v) is 5.61. The Hall–Kier alpha value is -2.00. The summed E-state index contributed by atoms with van der Waals surface area (Å²) in [7, 11) is 1.52. The Balaban J connectivity index is 2.32. The van der Waals surface area contributed by atoms with Crippen LogP contribution in [0.1, 0.15) is 27.0 Å². The lowest BCUT2D eigenvalue weighted by Gasteiger charge is -2.12. The Kier molecular flexibility index (Phi) is 3.38. The monoisotopic (exact) mass is 302 g/mol. The van der Waals surface area contributed by atoms with Gasteiger partial charge in [0.1, 0.15) is 12.4 Å². The summed E-state index contributed by atoms with van der Waals surface area (Å²) in [5.41, 5.74) is 5.60. The van der Waals surface area contributed by atoms with E-state index < -0.39 is 0 Å². The normalized spacial score (nSPS) is 13.0. The zero-order valence-electron chi connectivity index (χ0n) is 12.1. The molecule has 21 heavy (non-hydrogen) atoms. The van der Waals surface area contributed by atoms with Gasteiger partial charge in [-0.3, -0.25) is 0 Å². The smallest absolute Gasteiger partial charge is 0.339 e. The molecule has 0 N–H and O–H groups in total. The number of carbonyl (C=O) groups is 1. The Morgan fingerprint density at radius 2 is 1.76 bits per heavy atom. The molecule has 0 amide bonds. The van der Waals surface area contributed by atoms with Crippen LogP contribution in [0.5, 0.6) is 5.75 Å². The molecule has 0 radical (unpaired) electrons. The number of hydrogen-bond acceptors (Lipinski definition) is 3. The van der Waals surface area contributed by atoms with E-state index in [1.165, 1.54) is 18.2 Å². The van der Waals surface area contributed by atoms with E-state index >= 15 is 0 Å². The van der Waals surface area contributed by atoms with Crippen molar-refractivity contribution in [1.82, 2.24) is 0 Å². The van der Waals surface area contributed by atoms with Crippen molar-refractivity contribution in [3.8, 4) is 16.9 Å². The zero-order chi connectivity index (χ0) is 15.1. The molecule has 1 aliphatic rings. The van der Waals surface area contributed by atoms with Crippen LogP contribution < -0.4 is 4.74 Å². The summed E-state index contributed by atoms with van der Waals surface area (Å²) >= 11 is 6.22. The van der Waals surface area contributed by atoms with Crippen molar-refractivity contribution < 1.29 is 14.3 Å². The van der Waals surface area contributed by atoms with Gasteiger partial charge in [-0.2, -0.15) is 0 Å². The maximum Gasteiger partial charge on any atom is 0.339 e. The van der Waals surface area contributed by atoms with E-state index in [2.05, 4.69) is 12.1 Å². The van der Waals surface area contributed by atoms with Crippen molar-refractivity contribution in [3.05, 3.63) is 51.5 Å². The van der Waals surface area contributed by atoms with Gasteiger partial charge in [-0.1, -0.05) is 23.7 Å². The highest BCUT2D eigenvalue weighted by Crippen LogP contribution is 2.38. The average Bonchev–Trinajstić information content (AvgIpc) is 2.58. The van der Waals surface area contributed by atoms with Gasteiger partial charge in [0.25, 0.3) is 0 Å². The van der Waals surface area contributed by atoms with Crippen LogP contribution in [0, 0.1) is 13.8 Å². The minimum Gasteiger partial charge on any atom is -0.495 e.